The Morgan fingerprint density at radius 1 is 1.29 bits per heavy atom. The number of nitrogens with one attached hydrogen (secondary N) is 2. The van der Waals surface area contributed by atoms with Crippen molar-refractivity contribution in [2.24, 2.45) is 11.8 Å². The fourth-order valence-corrected chi connectivity index (χ4v) is 3.00. The van der Waals surface area contributed by atoms with Crippen molar-refractivity contribution < 1.29 is 4.79 Å². The summed E-state index contributed by atoms with van der Waals surface area (Å²) in [7, 11) is 0. The molecule has 1 aliphatic rings. The Morgan fingerprint density at radius 2 is 1.96 bits per heavy atom. The summed E-state index contributed by atoms with van der Waals surface area (Å²) in [5.41, 5.74) is 2.11. The van der Waals surface area contributed by atoms with Crippen molar-refractivity contribution in [2.75, 3.05) is 13.1 Å². The third kappa shape index (κ3) is 4.02. The van der Waals surface area contributed by atoms with E-state index in [-0.39, 0.29) is 36.6 Å². The maximum Gasteiger partial charge on any atom is 0.223 e. The second-order valence-electron chi connectivity index (χ2n) is 6.41. The van der Waals surface area contributed by atoms with E-state index in [1.165, 1.54) is 0 Å². The van der Waals surface area contributed by atoms with Gasteiger partial charge in [-0.1, -0.05) is 19.1 Å². The molecular weight excluding hydrogens is 347 g/mol. The molecule has 2 aromatic rings. The highest BCUT2D eigenvalue weighted by molar-refractivity contribution is 5.85. The van der Waals surface area contributed by atoms with Crippen LogP contribution >= 0.6 is 24.8 Å². The molecule has 1 aliphatic heterocycles. The van der Waals surface area contributed by atoms with E-state index >= 15 is 0 Å². The summed E-state index contributed by atoms with van der Waals surface area (Å²) in [6.45, 7) is 8.66. The normalized spacial score (nSPS) is 15.3. The number of fused-ring (bicyclic) bond motifs is 1. The molecule has 134 valence electrons. The van der Waals surface area contributed by atoms with E-state index in [1.54, 1.807) is 0 Å². The predicted molar refractivity (Wildman–Crippen MR) is 102 cm³/mol. The summed E-state index contributed by atoms with van der Waals surface area (Å²) in [5, 5.41) is 6.27. The molecule has 0 bridgehead atoms. The van der Waals surface area contributed by atoms with Crippen LogP contribution < -0.4 is 10.6 Å². The van der Waals surface area contributed by atoms with Crippen molar-refractivity contribution >= 4 is 41.8 Å². The van der Waals surface area contributed by atoms with Crippen LogP contribution in [0.15, 0.2) is 24.3 Å². The summed E-state index contributed by atoms with van der Waals surface area (Å²) >= 11 is 0. The first kappa shape index (κ1) is 20.7. The zero-order chi connectivity index (χ0) is 15.7. The number of imidazole rings is 1. The molecule has 1 atom stereocenters. The number of halogens is 2. The first-order valence-electron chi connectivity index (χ1n) is 8.02. The molecule has 1 unspecified atom stereocenters. The number of para-hydroxylation sites is 2. The zero-order valence-corrected chi connectivity index (χ0v) is 15.9. The minimum atomic E-state index is 0. The Hall–Kier alpha value is -1.30. The maximum atomic E-state index is 12.3. The molecule has 0 spiro atoms. The van der Waals surface area contributed by atoms with Crippen LogP contribution in [0.25, 0.3) is 11.0 Å². The van der Waals surface area contributed by atoms with Crippen molar-refractivity contribution in [3.63, 3.8) is 0 Å². The summed E-state index contributed by atoms with van der Waals surface area (Å²) in [4.78, 5) is 17.0. The Balaban J connectivity index is 0.00000144. The largest absolute Gasteiger partial charge is 0.349 e. The monoisotopic (exact) mass is 372 g/mol. The van der Waals surface area contributed by atoms with Crippen LogP contribution in [-0.4, -0.2) is 28.5 Å². The van der Waals surface area contributed by atoms with Crippen molar-refractivity contribution in [3.05, 3.63) is 30.1 Å². The van der Waals surface area contributed by atoms with E-state index < -0.39 is 0 Å². The molecule has 1 fully saturated rings. The second kappa shape index (κ2) is 8.70. The predicted octanol–water partition coefficient (Wildman–Crippen LogP) is 2.93. The fraction of sp³-hybridized carbons (Fsp3) is 0.529. The smallest absolute Gasteiger partial charge is 0.223 e. The number of aromatic nitrogens is 2. The molecule has 3 rings (SSSR count). The molecule has 1 aromatic heterocycles. The Bertz CT molecular complexity index is 682. The number of rotatable bonds is 5. The van der Waals surface area contributed by atoms with Gasteiger partial charge >= 0.3 is 0 Å². The van der Waals surface area contributed by atoms with E-state index in [0.29, 0.717) is 18.5 Å². The van der Waals surface area contributed by atoms with Crippen LogP contribution in [-0.2, 0) is 11.3 Å². The standard InChI is InChI=1S/C17H24N4O.2ClH/c1-11(2)21-15-7-5-4-6-14(15)20-16(21)10-19-17(22)12(3)13-8-18-9-13;;/h4-7,11-13,18H,8-10H2,1-3H3,(H,19,22);2*1H. The molecular formula is C17H26Cl2N4O. The van der Waals surface area contributed by atoms with Gasteiger partial charge in [-0.3, -0.25) is 4.79 Å². The third-order valence-electron chi connectivity index (χ3n) is 4.54. The quantitative estimate of drug-likeness (QED) is 0.847. The van der Waals surface area contributed by atoms with Gasteiger partial charge in [0, 0.05) is 12.0 Å². The lowest BCUT2D eigenvalue weighted by Gasteiger charge is -2.31. The van der Waals surface area contributed by atoms with Gasteiger partial charge in [-0.15, -0.1) is 24.8 Å². The highest BCUT2D eigenvalue weighted by Gasteiger charge is 2.28. The molecule has 1 saturated heterocycles. The minimum absolute atomic E-state index is 0. The van der Waals surface area contributed by atoms with E-state index in [0.717, 1.165) is 29.9 Å². The summed E-state index contributed by atoms with van der Waals surface area (Å²) < 4.78 is 2.20. The van der Waals surface area contributed by atoms with Crippen LogP contribution in [0.2, 0.25) is 0 Å². The van der Waals surface area contributed by atoms with Crippen molar-refractivity contribution in [2.45, 2.75) is 33.4 Å². The lowest BCUT2D eigenvalue weighted by molar-refractivity contribution is -0.126. The molecule has 1 aromatic carbocycles. The van der Waals surface area contributed by atoms with E-state index in [2.05, 4.69) is 40.1 Å². The van der Waals surface area contributed by atoms with E-state index in [9.17, 15) is 4.79 Å². The van der Waals surface area contributed by atoms with Crippen LogP contribution in [0.1, 0.15) is 32.6 Å². The van der Waals surface area contributed by atoms with Crippen molar-refractivity contribution in [1.29, 1.82) is 0 Å². The topological polar surface area (TPSA) is 59.0 Å². The van der Waals surface area contributed by atoms with E-state index in [4.69, 9.17) is 0 Å². The number of benzene rings is 1. The highest BCUT2D eigenvalue weighted by atomic mass is 35.5. The Kier molecular flexibility index (Phi) is 7.52. The van der Waals surface area contributed by atoms with Crippen LogP contribution in [0.3, 0.4) is 0 Å². The van der Waals surface area contributed by atoms with Crippen LogP contribution in [0.4, 0.5) is 0 Å². The molecule has 2 heterocycles. The molecule has 2 N–H and O–H groups in total. The first-order chi connectivity index (χ1) is 10.6. The van der Waals surface area contributed by atoms with Crippen molar-refractivity contribution in [1.82, 2.24) is 20.2 Å². The van der Waals surface area contributed by atoms with Gasteiger partial charge < -0.3 is 15.2 Å². The lowest BCUT2D eigenvalue weighted by Crippen LogP contribution is -2.49. The van der Waals surface area contributed by atoms with Gasteiger partial charge in [0.05, 0.1) is 17.6 Å². The third-order valence-corrected chi connectivity index (χ3v) is 4.54. The average Bonchev–Trinajstić information content (AvgIpc) is 2.81. The summed E-state index contributed by atoms with van der Waals surface area (Å²) in [5.74, 6) is 1.55. The first-order valence-corrected chi connectivity index (χ1v) is 8.02. The van der Waals surface area contributed by atoms with Gasteiger partial charge in [0.1, 0.15) is 5.82 Å². The highest BCUT2D eigenvalue weighted by Crippen LogP contribution is 2.21. The van der Waals surface area contributed by atoms with Gasteiger partial charge in [-0.25, -0.2) is 4.98 Å². The summed E-state index contributed by atoms with van der Waals surface area (Å²) in [6, 6.07) is 8.43. The summed E-state index contributed by atoms with van der Waals surface area (Å²) in [6.07, 6.45) is 0. The number of nitrogens with zero attached hydrogens (tertiary/aromatic N) is 2. The maximum absolute atomic E-state index is 12.3. The Morgan fingerprint density at radius 3 is 2.54 bits per heavy atom. The number of carbonyl (C=O) groups excluding carboxylic acids is 1. The van der Waals surface area contributed by atoms with Crippen molar-refractivity contribution in [3.8, 4) is 0 Å². The van der Waals surface area contributed by atoms with Crippen LogP contribution in [0, 0.1) is 11.8 Å². The van der Waals surface area contributed by atoms with E-state index in [1.807, 2.05) is 25.1 Å². The molecule has 7 heteroatoms. The number of amides is 1. The fourth-order valence-electron chi connectivity index (χ4n) is 3.00. The molecule has 5 nitrogen and oxygen atoms in total. The number of hydrogen-bond donors (Lipinski definition) is 2. The SMILES string of the molecule is CC(C(=O)NCc1nc2ccccc2n1C(C)C)C1CNC1.Cl.Cl. The molecule has 24 heavy (non-hydrogen) atoms. The lowest BCUT2D eigenvalue weighted by atomic mass is 9.88. The molecule has 0 aliphatic carbocycles. The minimum Gasteiger partial charge on any atom is -0.349 e. The molecule has 0 saturated carbocycles. The molecule has 0 radical (unpaired) electrons. The molecule has 1 amide bonds. The van der Waals surface area contributed by atoms with Gasteiger partial charge in [0.15, 0.2) is 0 Å². The van der Waals surface area contributed by atoms with Gasteiger partial charge in [0.2, 0.25) is 5.91 Å². The number of hydrogen-bond acceptors (Lipinski definition) is 3. The second-order valence-corrected chi connectivity index (χ2v) is 6.41. The Labute approximate surface area is 155 Å². The van der Waals surface area contributed by atoms with Gasteiger partial charge in [-0.05, 0) is 45.0 Å². The number of carbonyl (C=O) groups is 1. The van der Waals surface area contributed by atoms with Gasteiger partial charge in [-0.2, -0.15) is 0 Å². The zero-order valence-electron chi connectivity index (χ0n) is 14.3. The average molecular weight is 373 g/mol. The van der Waals surface area contributed by atoms with Gasteiger partial charge in [0.25, 0.3) is 0 Å². The van der Waals surface area contributed by atoms with Crippen LogP contribution in [0.5, 0.6) is 0 Å².